The van der Waals surface area contributed by atoms with Crippen molar-refractivity contribution < 1.29 is 23.1 Å². The van der Waals surface area contributed by atoms with E-state index in [1.165, 1.54) is 17.2 Å². The Kier molecular flexibility index (Phi) is 3.48. The fourth-order valence-corrected chi connectivity index (χ4v) is 2.91. The van der Waals surface area contributed by atoms with E-state index in [1.54, 1.807) is 18.2 Å². The SMILES string of the molecule is O=C(c1cc2nccc(C(F)(F)F)n2n1)N1CC(O)(c2ccccn2)C1. The molecule has 1 saturated heterocycles. The molecule has 3 aromatic rings. The maximum Gasteiger partial charge on any atom is 0.433 e. The van der Waals surface area contributed by atoms with E-state index < -0.39 is 23.4 Å². The zero-order valence-corrected chi connectivity index (χ0v) is 13.2. The summed E-state index contributed by atoms with van der Waals surface area (Å²) in [7, 11) is 0. The van der Waals surface area contributed by atoms with Crippen LogP contribution in [0.2, 0.25) is 0 Å². The lowest BCUT2D eigenvalue weighted by Crippen LogP contribution is -2.61. The van der Waals surface area contributed by atoms with Crippen LogP contribution in [-0.4, -0.2) is 48.6 Å². The van der Waals surface area contributed by atoms with Crippen LogP contribution >= 0.6 is 0 Å². The molecule has 1 N–H and O–H groups in total. The molecule has 0 radical (unpaired) electrons. The van der Waals surface area contributed by atoms with Crippen molar-refractivity contribution in [2.75, 3.05) is 13.1 Å². The molecule has 1 aliphatic heterocycles. The molecule has 10 heteroatoms. The van der Waals surface area contributed by atoms with Crippen LogP contribution in [0.15, 0.2) is 42.7 Å². The Bertz CT molecular complexity index is 980. The van der Waals surface area contributed by atoms with Crippen molar-refractivity contribution >= 4 is 11.6 Å². The number of carbonyl (C=O) groups excluding carboxylic acids is 1. The molecular formula is C16H12F3N5O2. The summed E-state index contributed by atoms with van der Waals surface area (Å²) in [6.45, 7) is -0.0352. The fourth-order valence-electron chi connectivity index (χ4n) is 2.91. The van der Waals surface area contributed by atoms with Gasteiger partial charge in [0, 0.05) is 18.5 Å². The number of hydrogen-bond acceptors (Lipinski definition) is 5. The standard InChI is InChI=1S/C16H12F3N5O2/c17-16(18,19)12-4-6-21-13-7-10(22-24(12)13)14(25)23-8-15(26,9-23)11-3-1-2-5-20-11/h1-7,26H,8-9H2. The van der Waals surface area contributed by atoms with Crippen LogP contribution in [0.3, 0.4) is 0 Å². The van der Waals surface area contributed by atoms with E-state index in [0.29, 0.717) is 10.2 Å². The Balaban J connectivity index is 1.59. The molecule has 134 valence electrons. The van der Waals surface area contributed by atoms with Gasteiger partial charge in [0.05, 0.1) is 18.8 Å². The van der Waals surface area contributed by atoms with Crippen LogP contribution in [0.5, 0.6) is 0 Å². The van der Waals surface area contributed by atoms with Gasteiger partial charge in [0.15, 0.2) is 11.3 Å². The number of hydrogen-bond donors (Lipinski definition) is 1. The van der Waals surface area contributed by atoms with Gasteiger partial charge < -0.3 is 10.0 Å². The minimum atomic E-state index is -4.62. The van der Waals surface area contributed by atoms with Crippen molar-refractivity contribution in [3.63, 3.8) is 0 Å². The van der Waals surface area contributed by atoms with Gasteiger partial charge in [0.25, 0.3) is 5.91 Å². The van der Waals surface area contributed by atoms with Crippen LogP contribution in [-0.2, 0) is 11.8 Å². The second-order valence-electron chi connectivity index (χ2n) is 6.04. The van der Waals surface area contributed by atoms with Crippen molar-refractivity contribution in [2.45, 2.75) is 11.8 Å². The molecule has 0 bridgehead atoms. The minimum Gasteiger partial charge on any atom is -0.380 e. The molecule has 1 amide bonds. The Morgan fingerprint density at radius 2 is 1.92 bits per heavy atom. The maximum atomic E-state index is 13.0. The van der Waals surface area contributed by atoms with E-state index in [2.05, 4.69) is 15.1 Å². The highest BCUT2D eigenvalue weighted by Crippen LogP contribution is 2.32. The second-order valence-corrected chi connectivity index (χ2v) is 6.04. The van der Waals surface area contributed by atoms with Crippen LogP contribution in [0, 0.1) is 0 Å². The summed E-state index contributed by atoms with van der Waals surface area (Å²) in [5.41, 5.74) is -2.11. The van der Waals surface area contributed by atoms with Gasteiger partial charge in [-0.15, -0.1) is 0 Å². The molecule has 7 nitrogen and oxygen atoms in total. The lowest BCUT2D eigenvalue weighted by molar-refractivity contribution is -0.142. The average Bonchev–Trinajstić information content (AvgIpc) is 3.02. The average molecular weight is 363 g/mol. The van der Waals surface area contributed by atoms with Crippen LogP contribution in [0.1, 0.15) is 21.9 Å². The first-order valence-electron chi connectivity index (χ1n) is 7.63. The molecule has 4 heterocycles. The summed E-state index contributed by atoms with van der Waals surface area (Å²) >= 11 is 0. The quantitative estimate of drug-likeness (QED) is 0.746. The number of carbonyl (C=O) groups is 1. The van der Waals surface area contributed by atoms with Gasteiger partial charge in [-0.2, -0.15) is 18.3 Å². The molecule has 4 rings (SSSR count). The largest absolute Gasteiger partial charge is 0.433 e. The van der Waals surface area contributed by atoms with Crippen molar-refractivity contribution in [1.82, 2.24) is 24.5 Å². The van der Waals surface area contributed by atoms with E-state index in [9.17, 15) is 23.1 Å². The first-order chi connectivity index (χ1) is 12.3. The molecule has 0 unspecified atom stereocenters. The molecule has 1 fully saturated rings. The van der Waals surface area contributed by atoms with E-state index in [4.69, 9.17) is 0 Å². The summed E-state index contributed by atoms with van der Waals surface area (Å²) in [4.78, 5) is 21.7. The number of likely N-dealkylation sites (tertiary alicyclic amines) is 1. The van der Waals surface area contributed by atoms with Crippen LogP contribution in [0.4, 0.5) is 13.2 Å². The maximum absolute atomic E-state index is 13.0. The van der Waals surface area contributed by atoms with Gasteiger partial charge in [0.2, 0.25) is 0 Å². The highest BCUT2D eigenvalue weighted by molar-refractivity contribution is 5.94. The summed E-state index contributed by atoms with van der Waals surface area (Å²) in [6.07, 6.45) is -2.08. The highest BCUT2D eigenvalue weighted by Gasteiger charge is 2.46. The van der Waals surface area contributed by atoms with E-state index in [1.807, 2.05) is 0 Å². The summed E-state index contributed by atoms with van der Waals surface area (Å²) in [5, 5.41) is 14.2. The van der Waals surface area contributed by atoms with E-state index >= 15 is 0 Å². The first-order valence-corrected chi connectivity index (χ1v) is 7.63. The number of nitrogens with zero attached hydrogens (tertiary/aromatic N) is 5. The molecule has 0 aromatic carbocycles. The molecule has 0 atom stereocenters. The van der Waals surface area contributed by atoms with Crippen molar-refractivity contribution in [2.24, 2.45) is 0 Å². The fraction of sp³-hybridized carbons (Fsp3) is 0.250. The normalized spacial score (nSPS) is 16.5. The van der Waals surface area contributed by atoms with Crippen molar-refractivity contribution in [3.05, 3.63) is 59.8 Å². The van der Waals surface area contributed by atoms with Gasteiger partial charge in [-0.1, -0.05) is 6.07 Å². The predicted molar refractivity (Wildman–Crippen MR) is 82.0 cm³/mol. The number of halogens is 3. The number of rotatable bonds is 2. The number of β-amino-alcohol motifs (C(OH)–C–C–N with tert-alkyl or cyclic N) is 1. The topological polar surface area (TPSA) is 83.6 Å². The number of aromatic nitrogens is 4. The minimum absolute atomic E-state index is 0.0176. The third-order valence-corrected chi connectivity index (χ3v) is 4.20. The molecule has 0 aliphatic carbocycles. The molecule has 3 aromatic heterocycles. The third-order valence-electron chi connectivity index (χ3n) is 4.20. The Morgan fingerprint density at radius 1 is 1.15 bits per heavy atom. The van der Waals surface area contributed by atoms with Gasteiger partial charge in [-0.05, 0) is 18.2 Å². The van der Waals surface area contributed by atoms with Gasteiger partial charge in [-0.3, -0.25) is 9.78 Å². The molecular weight excluding hydrogens is 351 g/mol. The zero-order valence-electron chi connectivity index (χ0n) is 13.2. The third kappa shape index (κ3) is 2.58. The lowest BCUT2D eigenvalue weighted by atomic mass is 9.89. The summed E-state index contributed by atoms with van der Waals surface area (Å²) in [6, 6.07) is 7.05. The van der Waals surface area contributed by atoms with Gasteiger partial charge >= 0.3 is 6.18 Å². The lowest BCUT2D eigenvalue weighted by Gasteiger charge is -2.45. The molecule has 0 spiro atoms. The molecule has 0 saturated carbocycles. The van der Waals surface area contributed by atoms with Crippen LogP contribution in [0.25, 0.3) is 5.65 Å². The Labute approximate surface area is 144 Å². The summed E-state index contributed by atoms with van der Waals surface area (Å²) < 4.78 is 39.7. The first kappa shape index (κ1) is 16.5. The number of pyridine rings is 1. The van der Waals surface area contributed by atoms with Crippen LogP contribution < -0.4 is 0 Å². The smallest absolute Gasteiger partial charge is 0.380 e. The second kappa shape index (κ2) is 5.49. The molecule has 1 aliphatic rings. The predicted octanol–water partition coefficient (Wildman–Crippen LogP) is 1.49. The zero-order chi connectivity index (χ0) is 18.5. The highest BCUT2D eigenvalue weighted by atomic mass is 19.4. The van der Waals surface area contributed by atoms with Crippen molar-refractivity contribution in [3.8, 4) is 0 Å². The number of amides is 1. The van der Waals surface area contributed by atoms with Gasteiger partial charge in [-0.25, -0.2) is 9.50 Å². The number of alkyl halides is 3. The van der Waals surface area contributed by atoms with E-state index in [-0.39, 0.29) is 24.4 Å². The monoisotopic (exact) mass is 363 g/mol. The number of aliphatic hydroxyl groups is 1. The van der Waals surface area contributed by atoms with E-state index in [0.717, 1.165) is 12.3 Å². The Hall–Kier alpha value is -3.01. The Morgan fingerprint density at radius 3 is 2.58 bits per heavy atom. The number of fused-ring (bicyclic) bond motifs is 1. The van der Waals surface area contributed by atoms with Crippen molar-refractivity contribution in [1.29, 1.82) is 0 Å². The summed E-state index contributed by atoms with van der Waals surface area (Å²) in [5.74, 6) is -0.579. The molecule has 26 heavy (non-hydrogen) atoms. The van der Waals surface area contributed by atoms with Gasteiger partial charge in [0.1, 0.15) is 11.3 Å².